The lowest BCUT2D eigenvalue weighted by atomic mass is 10.1. The molecule has 1 unspecified atom stereocenters. The molecule has 0 fully saturated rings. The van der Waals surface area contributed by atoms with Crippen LogP contribution in [0, 0.1) is 0 Å². The Bertz CT molecular complexity index is 648. The molecule has 0 aliphatic carbocycles. The number of oxazole rings is 1. The molecule has 1 heterocycles. The van der Waals surface area contributed by atoms with Gasteiger partial charge in [0.05, 0.1) is 0 Å². The molecule has 3 rings (SSSR count). The van der Waals surface area contributed by atoms with Gasteiger partial charge in [-0.2, -0.15) is 0 Å². The van der Waals surface area contributed by atoms with Crippen LogP contribution in [0.25, 0.3) is 11.1 Å². The molecular formula is C16H16N2OS. The standard InChI is InChI=1S/C16H16N2OS/c1-17-14(12-7-3-2-4-8-12)11-20-16-18-13-9-5-6-10-15(13)19-16/h2-10,14,17H,11H2,1H3. The molecule has 3 nitrogen and oxygen atoms in total. The lowest BCUT2D eigenvalue weighted by Gasteiger charge is -2.14. The molecule has 0 amide bonds. The van der Waals surface area contributed by atoms with Crippen LogP contribution < -0.4 is 5.32 Å². The van der Waals surface area contributed by atoms with Crippen LogP contribution >= 0.6 is 11.8 Å². The normalized spacial score (nSPS) is 12.7. The van der Waals surface area contributed by atoms with E-state index in [4.69, 9.17) is 4.42 Å². The molecule has 1 aromatic heterocycles. The summed E-state index contributed by atoms with van der Waals surface area (Å²) in [4.78, 5) is 4.48. The fourth-order valence-corrected chi connectivity index (χ4v) is 3.08. The maximum atomic E-state index is 5.72. The van der Waals surface area contributed by atoms with Crippen molar-refractivity contribution in [3.63, 3.8) is 0 Å². The molecule has 1 atom stereocenters. The molecule has 2 aromatic carbocycles. The van der Waals surface area contributed by atoms with Gasteiger partial charge in [-0.15, -0.1) is 0 Å². The number of para-hydroxylation sites is 2. The molecule has 0 saturated heterocycles. The monoisotopic (exact) mass is 284 g/mol. The first kappa shape index (κ1) is 13.2. The summed E-state index contributed by atoms with van der Waals surface area (Å²) >= 11 is 1.63. The van der Waals surface area contributed by atoms with Crippen molar-refractivity contribution in [2.24, 2.45) is 0 Å². The number of nitrogens with zero attached hydrogens (tertiary/aromatic N) is 1. The number of fused-ring (bicyclic) bond motifs is 1. The maximum Gasteiger partial charge on any atom is 0.256 e. The summed E-state index contributed by atoms with van der Waals surface area (Å²) in [5.74, 6) is 0.882. The van der Waals surface area contributed by atoms with Crippen molar-refractivity contribution in [3.05, 3.63) is 60.2 Å². The Balaban J connectivity index is 1.71. The fourth-order valence-electron chi connectivity index (χ4n) is 2.10. The number of benzene rings is 2. The predicted molar refractivity (Wildman–Crippen MR) is 83.0 cm³/mol. The minimum atomic E-state index is 0.288. The third-order valence-electron chi connectivity index (χ3n) is 3.20. The first-order chi connectivity index (χ1) is 9.86. The molecule has 0 aliphatic heterocycles. The van der Waals surface area contributed by atoms with Crippen LogP contribution in [0.5, 0.6) is 0 Å². The molecule has 4 heteroatoms. The molecule has 0 aliphatic rings. The van der Waals surface area contributed by atoms with Gasteiger partial charge in [0.2, 0.25) is 0 Å². The zero-order valence-electron chi connectivity index (χ0n) is 11.2. The molecule has 20 heavy (non-hydrogen) atoms. The Morgan fingerprint density at radius 3 is 2.60 bits per heavy atom. The minimum absolute atomic E-state index is 0.288. The number of hydrogen-bond acceptors (Lipinski definition) is 4. The van der Waals surface area contributed by atoms with Crippen LogP contribution in [-0.4, -0.2) is 17.8 Å². The van der Waals surface area contributed by atoms with Gasteiger partial charge in [0.1, 0.15) is 5.52 Å². The Labute approximate surface area is 122 Å². The summed E-state index contributed by atoms with van der Waals surface area (Å²) in [5.41, 5.74) is 3.03. The molecule has 102 valence electrons. The third-order valence-corrected chi connectivity index (χ3v) is 4.12. The van der Waals surface area contributed by atoms with Crippen LogP contribution in [0.4, 0.5) is 0 Å². The van der Waals surface area contributed by atoms with Crippen LogP contribution in [0.3, 0.4) is 0 Å². The topological polar surface area (TPSA) is 38.1 Å². The number of hydrogen-bond donors (Lipinski definition) is 1. The summed E-state index contributed by atoms with van der Waals surface area (Å²) < 4.78 is 5.72. The Kier molecular flexibility index (Phi) is 4.04. The molecule has 0 spiro atoms. The summed E-state index contributed by atoms with van der Waals surface area (Å²) in [7, 11) is 1.98. The summed E-state index contributed by atoms with van der Waals surface area (Å²) in [6.45, 7) is 0. The maximum absolute atomic E-state index is 5.72. The van der Waals surface area contributed by atoms with Crippen molar-refractivity contribution in [3.8, 4) is 0 Å². The lowest BCUT2D eigenvalue weighted by Crippen LogP contribution is -2.18. The molecule has 1 N–H and O–H groups in total. The van der Waals surface area contributed by atoms with E-state index in [2.05, 4.69) is 34.6 Å². The highest BCUT2D eigenvalue weighted by atomic mass is 32.2. The second kappa shape index (κ2) is 6.11. The average molecular weight is 284 g/mol. The SMILES string of the molecule is CNC(CSc1nc2ccccc2o1)c1ccccc1. The van der Waals surface area contributed by atoms with E-state index >= 15 is 0 Å². The molecule has 3 aromatic rings. The van der Waals surface area contributed by atoms with Gasteiger partial charge in [-0.3, -0.25) is 0 Å². The van der Waals surface area contributed by atoms with Gasteiger partial charge in [-0.05, 0) is 24.7 Å². The van der Waals surface area contributed by atoms with Crippen molar-refractivity contribution in [1.29, 1.82) is 0 Å². The van der Waals surface area contributed by atoms with Crippen LogP contribution in [0.1, 0.15) is 11.6 Å². The van der Waals surface area contributed by atoms with E-state index in [1.165, 1.54) is 5.56 Å². The van der Waals surface area contributed by atoms with Gasteiger partial charge in [0.25, 0.3) is 5.22 Å². The van der Waals surface area contributed by atoms with E-state index in [0.29, 0.717) is 0 Å². The van der Waals surface area contributed by atoms with E-state index < -0.39 is 0 Å². The van der Waals surface area contributed by atoms with E-state index in [0.717, 1.165) is 22.1 Å². The molecular weight excluding hydrogens is 268 g/mol. The average Bonchev–Trinajstić information content (AvgIpc) is 2.92. The first-order valence-corrected chi connectivity index (χ1v) is 7.56. The van der Waals surface area contributed by atoms with Crippen LogP contribution in [0.15, 0.2) is 64.2 Å². The number of thioether (sulfide) groups is 1. The molecule has 0 saturated carbocycles. The Morgan fingerprint density at radius 2 is 1.85 bits per heavy atom. The van der Waals surface area contributed by atoms with Crippen molar-refractivity contribution in [2.45, 2.75) is 11.3 Å². The largest absolute Gasteiger partial charge is 0.431 e. The van der Waals surface area contributed by atoms with Gasteiger partial charge in [0, 0.05) is 11.8 Å². The minimum Gasteiger partial charge on any atom is -0.431 e. The number of nitrogens with one attached hydrogen (secondary N) is 1. The van der Waals surface area contributed by atoms with Gasteiger partial charge in [0.15, 0.2) is 5.58 Å². The molecule has 0 bridgehead atoms. The van der Waals surface area contributed by atoms with Gasteiger partial charge >= 0.3 is 0 Å². The summed E-state index contributed by atoms with van der Waals surface area (Å²) in [6.07, 6.45) is 0. The Hall–Kier alpha value is -1.78. The van der Waals surface area contributed by atoms with Crippen molar-refractivity contribution >= 4 is 22.9 Å². The smallest absolute Gasteiger partial charge is 0.256 e. The molecule has 0 radical (unpaired) electrons. The second-order valence-electron chi connectivity index (χ2n) is 4.51. The summed E-state index contributed by atoms with van der Waals surface area (Å²) in [6, 6.07) is 18.5. The first-order valence-electron chi connectivity index (χ1n) is 6.57. The highest BCUT2D eigenvalue weighted by Gasteiger charge is 2.12. The highest BCUT2D eigenvalue weighted by molar-refractivity contribution is 7.99. The fraction of sp³-hybridized carbons (Fsp3) is 0.188. The second-order valence-corrected chi connectivity index (χ2v) is 5.48. The third kappa shape index (κ3) is 2.86. The van der Waals surface area contributed by atoms with Crippen LogP contribution in [-0.2, 0) is 0 Å². The van der Waals surface area contributed by atoms with Gasteiger partial charge < -0.3 is 9.73 Å². The number of rotatable bonds is 5. The Morgan fingerprint density at radius 1 is 1.10 bits per heavy atom. The quantitative estimate of drug-likeness (QED) is 0.722. The van der Waals surface area contributed by atoms with E-state index in [-0.39, 0.29) is 6.04 Å². The zero-order valence-corrected chi connectivity index (χ0v) is 12.1. The van der Waals surface area contributed by atoms with Crippen molar-refractivity contribution in [1.82, 2.24) is 10.3 Å². The van der Waals surface area contributed by atoms with Crippen LogP contribution in [0.2, 0.25) is 0 Å². The van der Waals surface area contributed by atoms with Crippen molar-refractivity contribution in [2.75, 3.05) is 12.8 Å². The number of aromatic nitrogens is 1. The summed E-state index contributed by atoms with van der Waals surface area (Å²) in [5, 5.41) is 4.06. The highest BCUT2D eigenvalue weighted by Crippen LogP contribution is 2.27. The van der Waals surface area contributed by atoms with E-state index in [9.17, 15) is 0 Å². The van der Waals surface area contributed by atoms with Crippen molar-refractivity contribution < 1.29 is 4.42 Å². The van der Waals surface area contributed by atoms with E-state index in [1.54, 1.807) is 11.8 Å². The lowest BCUT2D eigenvalue weighted by molar-refractivity contribution is 0.488. The van der Waals surface area contributed by atoms with E-state index in [1.807, 2.05) is 37.4 Å². The van der Waals surface area contributed by atoms with Gasteiger partial charge in [-0.25, -0.2) is 4.98 Å². The zero-order chi connectivity index (χ0) is 13.8. The van der Waals surface area contributed by atoms with Gasteiger partial charge in [-0.1, -0.05) is 54.2 Å². The predicted octanol–water partition coefficient (Wildman–Crippen LogP) is 3.88.